The molecule has 1 atom stereocenters. The van der Waals surface area contributed by atoms with Gasteiger partial charge in [0.2, 0.25) is 0 Å². The van der Waals surface area contributed by atoms with Gasteiger partial charge < -0.3 is 14.6 Å². The van der Waals surface area contributed by atoms with Gasteiger partial charge in [-0.05, 0) is 43.2 Å². The van der Waals surface area contributed by atoms with Crippen LogP contribution in [0.5, 0.6) is 5.75 Å². The Balaban J connectivity index is 1.94. The summed E-state index contributed by atoms with van der Waals surface area (Å²) in [5.74, 6) is -2.66. The highest BCUT2D eigenvalue weighted by Gasteiger charge is 2.49. The minimum atomic E-state index is -1.27. The summed E-state index contributed by atoms with van der Waals surface area (Å²) in [6.45, 7) is 6.71. The summed E-state index contributed by atoms with van der Waals surface area (Å²) in [4.78, 5) is 55.7. The number of methoxy groups -OCH3 is 1. The largest absolute Gasteiger partial charge is 0.507 e. The zero-order chi connectivity index (χ0) is 28.4. The molecule has 0 saturated carbocycles. The summed E-state index contributed by atoms with van der Waals surface area (Å²) in [5.41, 5.74) is 0.732. The molecule has 2 heterocycles. The topological polar surface area (TPSA) is 149 Å². The molecule has 12 heteroatoms. The van der Waals surface area contributed by atoms with Crippen LogP contribution in [0.3, 0.4) is 0 Å². The first-order valence-corrected chi connectivity index (χ1v) is 12.4. The van der Waals surface area contributed by atoms with Gasteiger partial charge in [-0.1, -0.05) is 36.1 Å². The number of aliphatic hydroxyl groups excluding tert-OH is 1. The standard InChI is InChI=1S/C27H23N3O8S/c1-5-11-38-26(34)24-15(3)28-27(39-24)29-21(16-7-6-8-17(13-16)30(35)36)20(23(32)25(29)33)22(31)19-10-9-18(37-4)12-14(19)2/h5-10,12-13,21,31H,1,11H2,2-4H3/b22-20+/t21-/m1/s1. The molecule has 1 amide bonds. The van der Waals surface area contributed by atoms with E-state index in [4.69, 9.17) is 9.47 Å². The van der Waals surface area contributed by atoms with E-state index in [2.05, 4.69) is 11.6 Å². The van der Waals surface area contributed by atoms with Crippen LogP contribution in [0.4, 0.5) is 10.8 Å². The summed E-state index contributed by atoms with van der Waals surface area (Å²) < 4.78 is 10.3. The van der Waals surface area contributed by atoms with E-state index < -0.39 is 34.4 Å². The van der Waals surface area contributed by atoms with Crippen molar-refractivity contribution in [2.75, 3.05) is 18.6 Å². The maximum Gasteiger partial charge on any atom is 0.350 e. The smallest absolute Gasteiger partial charge is 0.350 e. The zero-order valence-corrected chi connectivity index (χ0v) is 22.0. The van der Waals surface area contributed by atoms with Crippen LogP contribution in [0.1, 0.15) is 38.1 Å². The van der Waals surface area contributed by atoms with Crippen molar-refractivity contribution >= 4 is 45.6 Å². The molecule has 4 rings (SSSR count). The lowest BCUT2D eigenvalue weighted by atomic mass is 9.93. The Kier molecular flexibility index (Phi) is 7.58. The van der Waals surface area contributed by atoms with Gasteiger partial charge in [-0.25, -0.2) is 9.78 Å². The molecule has 0 unspecified atom stereocenters. The van der Waals surface area contributed by atoms with E-state index in [-0.39, 0.29) is 44.7 Å². The molecule has 0 radical (unpaired) electrons. The number of esters is 1. The predicted molar refractivity (Wildman–Crippen MR) is 143 cm³/mol. The lowest BCUT2D eigenvalue weighted by Gasteiger charge is -2.23. The lowest BCUT2D eigenvalue weighted by Crippen LogP contribution is -2.29. The molecular weight excluding hydrogens is 526 g/mol. The number of non-ortho nitro benzene ring substituents is 1. The zero-order valence-electron chi connectivity index (χ0n) is 21.2. The van der Waals surface area contributed by atoms with E-state index in [9.17, 15) is 29.6 Å². The van der Waals surface area contributed by atoms with Crippen LogP contribution in [0.15, 0.2) is 60.7 Å². The van der Waals surface area contributed by atoms with E-state index in [1.165, 1.54) is 37.5 Å². The number of aliphatic hydroxyl groups is 1. The highest BCUT2D eigenvalue weighted by molar-refractivity contribution is 7.17. The number of aromatic nitrogens is 1. The first-order chi connectivity index (χ1) is 18.6. The summed E-state index contributed by atoms with van der Waals surface area (Å²) in [5, 5.41) is 22.9. The first kappa shape index (κ1) is 27.2. The van der Waals surface area contributed by atoms with Gasteiger partial charge in [-0.15, -0.1) is 0 Å². The molecule has 0 aliphatic carbocycles. The maximum atomic E-state index is 13.4. The number of thiazole rings is 1. The molecule has 0 bridgehead atoms. The van der Waals surface area contributed by atoms with Crippen molar-refractivity contribution in [3.8, 4) is 5.75 Å². The van der Waals surface area contributed by atoms with Gasteiger partial charge in [0.25, 0.3) is 11.5 Å². The van der Waals surface area contributed by atoms with Gasteiger partial charge in [0.15, 0.2) is 5.13 Å². The number of hydrogen-bond donors (Lipinski definition) is 1. The third-order valence-corrected chi connectivity index (χ3v) is 7.18. The molecule has 11 nitrogen and oxygen atoms in total. The number of ketones is 1. The Morgan fingerprint density at radius 1 is 1.26 bits per heavy atom. The van der Waals surface area contributed by atoms with Crippen LogP contribution in [-0.2, 0) is 14.3 Å². The first-order valence-electron chi connectivity index (χ1n) is 11.5. The number of carbonyl (C=O) groups excluding carboxylic acids is 3. The fourth-order valence-corrected chi connectivity index (χ4v) is 5.19. The number of benzene rings is 2. The van der Waals surface area contributed by atoms with Crippen molar-refractivity contribution in [1.29, 1.82) is 0 Å². The van der Waals surface area contributed by atoms with Crippen LogP contribution in [-0.4, -0.2) is 46.4 Å². The number of aryl methyl sites for hydroxylation is 2. The Bertz CT molecular complexity index is 1560. The van der Waals surface area contributed by atoms with Gasteiger partial charge in [0.1, 0.15) is 23.0 Å². The summed E-state index contributed by atoms with van der Waals surface area (Å²) in [6, 6.07) is 8.92. The van der Waals surface area contributed by atoms with Gasteiger partial charge >= 0.3 is 11.9 Å². The number of nitrogens with zero attached hydrogens (tertiary/aromatic N) is 3. The van der Waals surface area contributed by atoms with Crippen molar-refractivity contribution in [2.45, 2.75) is 19.9 Å². The molecule has 3 aromatic rings. The second-order valence-corrected chi connectivity index (χ2v) is 9.48. The summed E-state index contributed by atoms with van der Waals surface area (Å²) >= 11 is 0.826. The Labute approximate surface area is 226 Å². The molecule has 1 fully saturated rings. The van der Waals surface area contributed by atoms with Gasteiger partial charge in [0, 0.05) is 17.7 Å². The summed E-state index contributed by atoms with van der Waals surface area (Å²) in [6.07, 6.45) is 1.40. The van der Waals surface area contributed by atoms with Crippen molar-refractivity contribution in [3.05, 3.63) is 98.1 Å². The van der Waals surface area contributed by atoms with Crippen molar-refractivity contribution in [3.63, 3.8) is 0 Å². The average Bonchev–Trinajstić information content (AvgIpc) is 3.43. The van der Waals surface area contributed by atoms with E-state index >= 15 is 0 Å². The normalized spacial score (nSPS) is 16.3. The second kappa shape index (κ2) is 10.9. The Morgan fingerprint density at radius 2 is 2.00 bits per heavy atom. The number of nitro groups is 1. The maximum absolute atomic E-state index is 13.4. The predicted octanol–water partition coefficient (Wildman–Crippen LogP) is 4.65. The van der Waals surface area contributed by atoms with Crippen LogP contribution >= 0.6 is 11.3 Å². The van der Waals surface area contributed by atoms with E-state index in [1.54, 1.807) is 32.0 Å². The van der Waals surface area contributed by atoms with Crippen molar-refractivity contribution < 1.29 is 33.9 Å². The fourth-order valence-electron chi connectivity index (χ4n) is 4.20. The molecule has 0 spiro atoms. The van der Waals surface area contributed by atoms with Crippen LogP contribution < -0.4 is 9.64 Å². The van der Waals surface area contributed by atoms with Gasteiger partial charge in [0.05, 0.1) is 29.3 Å². The van der Waals surface area contributed by atoms with Gasteiger partial charge in [-0.3, -0.25) is 24.6 Å². The molecular formula is C27H23N3O8S. The Morgan fingerprint density at radius 3 is 2.64 bits per heavy atom. The number of ether oxygens (including phenoxy) is 2. The number of nitro benzene ring substituents is 1. The number of hydrogen-bond acceptors (Lipinski definition) is 10. The van der Waals surface area contributed by atoms with Crippen LogP contribution in [0, 0.1) is 24.0 Å². The third kappa shape index (κ3) is 5.01. The third-order valence-electron chi connectivity index (χ3n) is 6.04. The number of Topliss-reactive ketones (excluding diaryl/α,β-unsaturated/α-hetero) is 1. The highest BCUT2D eigenvalue weighted by Crippen LogP contribution is 2.45. The van der Waals surface area contributed by atoms with E-state index in [0.29, 0.717) is 11.3 Å². The minimum absolute atomic E-state index is 0.0119. The highest BCUT2D eigenvalue weighted by atomic mass is 32.1. The molecule has 1 N–H and O–H groups in total. The molecule has 39 heavy (non-hydrogen) atoms. The van der Waals surface area contributed by atoms with Crippen molar-refractivity contribution in [1.82, 2.24) is 4.98 Å². The SMILES string of the molecule is C=CCOC(=O)c1sc(N2C(=O)C(=O)/C(=C(/O)c3ccc(OC)cc3C)[C@H]2c2cccc([N+](=O)[O-])c2)nc1C. The molecule has 1 saturated heterocycles. The molecule has 1 aliphatic rings. The van der Waals surface area contributed by atoms with Crippen LogP contribution in [0.25, 0.3) is 5.76 Å². The van der Waals surface area contributed by atoms with Crippen molar-refractivity contribution in [2.24, 2.45) is 0 Å². The van der Waals surface area contributed by atoms with E-state index in [0.717, 1.165) is 16.2 Å². The molecule has 1 aliphatic heterocycles. The molecule has 1 aromatic heterocycles. The van der Waals surface area contributed by atoms with Gasteiger partial charge in [-0.2, -0.15) is 0 Å². The number of amides is 1. The quantitative estimate of drug-likeness (QED) is 0.0806. The number of carbonyl (C=O) groups is 3. The Hall–Kier alpha value is -4.84. The second-order valence-electron chi connectivity index (χ2n) is 8.50. The molecule has 2 aromatic carbocycles. The molecule has 200 valence electrons. The number of anilines is 1. The fraction of sp³-hybridized carbons (Fsp3) is 0.185. The van der Waals surface area contributed by atoms with Crippen LogP contribution in [0.2, 0.25) is 0 Å². The number of rotatable bonds is 8. The lowest BCUT2D eigenvalue weighted by molar-refractivity contribution is -0.384. The average molecular weight is 550 g/mol. The van der Waals surface area contributed by atoms with E-state index in [1.807, 2.05) is 0 Å². The summed E-state index contributed by atoms with van der Waals surface area (Å²) in [7, 11) is 1.49. The minimum Gasteiger partial charge on any atom is -0.507 e. The monoisotopic (exact) mass is 549 g/mol.